The Kier molecular flexibility index (Phi) is 8.48. The van der Waals surface area contributed by atoms with Gasteiger partial charge in [-0.2, -0.15) is 0 Å². The molecule has 0 spiro atoms. The molecule has 5 aromatic rings. The topological polar surface area (TPSA) is 143 Å². The van der Waals surface area contributed by atoms with Gasteiger partial charge >= 0.3 is 6.03 Å². The van der Waals surface area contributed by atoms with Gasteiger partial charge in [-0.15, -0.1) is 0 Å². The maximum Gasteiger partial charge on any atom is 0.324 e. The fraction of sp³-hybridized carbons (Fsp3) is 0.417. The summed E-state index contributed by atoms with van der Waals surface area (Å²) in [6, 6.07) is 14.0. The molecule has 0 bridgehead atoms. The fourth-order valence-electron chi connectivity index (χ4n) is 6.73. The zero-order valence-corrected chi connectivity index (χ0v) is 27.9. The van der Waals surface area contributed by atoms with E-state index in [-0.39, 0.29) is 22.7 Å². The van der Waals surface area contributed by atoms with Crippen LogP contribution in [0.2, 0.25) is 0 Å². The van der Waals surface area contributed by atoms with Crippen LogP contribution < -0.4 is 10.6 Å². The van der Waals surface area contributed by atoms with Gasteiger partial charge in [0.15, 0.2) is 11.6 Å². The third-order valence-electron chi connectivity index (χ3n) is 9.62. The number of nitrogens with zero attached hydrogens (tertiary/aromatic N) is 4. The molecule has 2 fully saturated rings. The first-order valence-electron chi connectivity index (χ1n) is 16.6. The van der Waals surface area contributed by atoms with E-state index in [0.717, 1.165) is 68.6 Å². The number of furan rings is 1. The molecule has 5 heterocycles. The zero-order chi connectivity index (χ0) is 33.6. The van der Waals surface area contributed by atoms with Gasteiger partial charge in [0.1, 0.15) is 17.1 Å². The number of aromatic amines is 1. The van der Waals surface area contributed by atoms with Gasteiger partial charge in [0.25, 0.3) is 0 Å². The van der Waals surface area contributed by atoms with E-state index in [0.29, 0.717) is 46.5 Å². The van der Waals surface area contributed by atoms with E-state index in [2.05, 4.69) is 42.5 Å². The van der Waals surface area contributed by atoms with E-state index in [9.17, 15) is 14.7 Å². The number of piperazine rings is 1. The number of hydrogen-bond acceptors (Lipinski definition) is 9. The number of urea groups is 1. The highest BCUT2D eigenvalue weighted by atomic mass is 16.5. The van der Waals surface area contributed by atoms with Crippen LogP contribution in [0, 0.1) is 0 Å². The number of amides is 2. The molecule has 2 aliphatic heterocycles. The van der Waals surface area contributed by atoms with Gasteiger partial charge in [-0.25, -0.2) is 4.79 Å². The van der Waals surface area contributed by atoms with Crippen molar-refractivity contribution in [1.82, 2.24) is 24.8 Å². The summed E-state index contributed by atoms with van der Waals surface area (Å²) in [5, 5.41) is 21.8. The first-order valence-corrected chi connectivity index (χ1v) is 16.6. The number of hydrogen-bond donors (Lipinski definition) is 4. The van der Waals surface area contributed by atoms with Crippen LogP contribution in [-0.4, -0.2) is 94.1 Å². The summed E-state index contributed by atoms with van der Waals surface area (Å²) in [6.07, 6.45) is 2.23. The summed E-state index contributed by atoms with van der Waals surface area (Å²) in [4.78, 5) is 36.9. The lowest BCUT2D eigenvalue weighted by Crippen LogP contribution is -2.52. The highest BCUT2D eigenvalue weighted by Gasteiger charge is 2.28. The average Bonchev–Trinajstić information content (AvgIpc) is 3.81. The third kappa shape index (κ3) is 6.69. The monoisotopic (exact) mass is 653 g/mol. The molecular weight excluding hydrogens is 610 g/mol. The average molecular weight is 654 g/mol. The number of aromatic nitrogens is 2. The van der Waals surface area contributed by atoms with Crippen LogP contribution in [0.25, 0.3) is 21.9 Å². The molecule has 2 aromatic carbocycles. The largest absolute Gasteiger partial charge is 0.508 e. The molecule has 0 aliphatic carbocycles. The smallest absolute Gasteiger partial charge is 0.324 e. The third-order valence-corrected chi connectivity index (χ3v) is 9.62. The van der Waals surface area contributed by atoms with E-state index in [1.54, 1.807) is 42.5 Å². The van der Waals surface area contributed by atoms with Crippen LogP contribution >= 0.6 is 0 Å². The second-order valence-corrected chi connectivity index (χ2v) is 14.2. The number of benzene rings is 2. The van der Waals surface area contributed by atoms with Crippen molar-refractivity contribution in [2.24, 2.45) is 0 Å². The van der Waals surface area contributed by atoms with Gasteiger partial charge in [0.05, 0.1) is 5.69 Å². The predicted molar refractivity (Wildman–Crippen MR) is 185 cm³/mol. The van der Waals surface area contributed by atoms with Crippen molar-refractivity contribution in [2.45, 2.75) is 51.6 Å². The minimum atomic E-state index is -0.473. The number of carbonyl (C=O) groups is 2. The number of carbonyl (C=O) groups excluding carboxylic acids is 2. The van der Waals surface area contributed by atoms with Crippen LogP contribution in [0.3, 0.4) is 0 Å². The number of H-pyrrole nitrogens is 1. The molecule has 2 saturated heterocycles. The second-order valence-electron chi connectivity index (χ2n) is 14.2. The molecular formula is C36H43N7O5. The van der Waals surface area contributed by atoms with Crippen molar-refractivity contribution >= 4 is 45.2 Å². The van der Waals surface area contributed by atoms with Crippen molar-refractivity contribution in [3.63, 3.8) is 0 Å². The highest BCUT2D eigenvalue weighted by molar-refractivity contribution is 6.10. The van der Waals surface area contributed by atoms with E-state index in [1.165, 1.54) is 0 Å². The van der Waals surface area contributed by atoms with Crippen molar-refractivity contribution in [1.29, 1.82) is 0 Å². The molecule has 12 nitrogen and oxygen atoms in total. The first-order chi connectivity index (χ1) is 23.0. The molecule has 0 atom stereocenters. The maximum atomic E-state index is 13.6. The van der Waals surface area contributed by atoms with Crippen molar-refractivity contribution in [3.8, 4) is 5.75 Å². The number of phenolic OH excluding ortho intramolecular Hbond substituents is 1. The van der Waals surface area contributed by atoms with Gasteiger partial charge in [-0.1, -0.05) is 25.9 Å². The number of anilines is 2. The summed E-state index contributed by atoms with van der Waals surface area (Å²) in [7, 11) is 2.19. The van der Waals surface area contributed by atoms with E-state index >= 15 is 0 Å². The normalized spacial score (nSPS) is 17.3. The minimum absolute atomic E-state index is 0.173. The minimum Gasteiger partial charge on any atom is -0.508 e. The Morgan fingerprint density at radius 3 is 2.48 bits per heavy atom. The number of fused-ring (bicyclic) bond motifs is 2. The Morgan fingerprint density at radius 1 is 0.979 bits per heavy atom. The SMILES string of the molecule is CN1CCN(C2CCN(Cc3c(O)ccc4[nH]c(C(=O)c5cc6cc(NC(=O)Nc7cc(C(C)(C)C)on7)ccc6o5)cc34)CC2)CC1. The molecule has 252 valence electrons. The van der Waals surface area contributed by atoms with Crippen LogP contribution in [0.5, 0.6) is 5.75 Å². The highest BCUT2D eigenvalue weighted by Crippen LogP contribution is 2.32. The van der Waals surface area contributed by atoms with Crippen LogP contribution in [0.4, 0.5) is 16.3 Å². The Bertz CT molecular complexity index is 1950. The standard InChI is InChI=1S/C36H43N7O5/c1-36(2,3)32-20-33(40-48-32)39-35(46)37-23-5-8-30-22(17-23)18-31(47-30)34(45)28-19-25-26(29(44)7-6-27(25)38-28)21-42-11-9-24(10-12-42)43-15-13-41(4)14-16-43/h5-8,17-20,24,38,44H,9-16,21H2,1-4H3,(H2,37,39,40,46). The summed E-state index contributed by atoms with van der Waals surface area (Å²) in [6.45, 7) is 13.1. The van der Waals surface area contributed by atoms with Crippen molar-refractivity contribution in [2.75, 3.05) is 56.9 Å². The summed E-state index contributed by atoms with van der Waals surface area (Å²) in [5.41, 5.74) is 2.80. The Morgan fingerprint density at radius 2 is 1.75 bits per heavy atom. The van der Waals surface area contributed by atoms with Gasteiger partial charge in [0.2, 0.25) is 5.78 Å². The number of rotatable bonds is 7. The molecule has 2 amide bonds. The molecule has 48 heavy (non-hydrogen) atoms. The van der Waals surface area contributed by atoms with Gasteiger partial charge in [-0.3, -0.25) is 19.9 Å². The van der Waals surface area contributed by atoms with Crippen molar-refractivity contribution in [3.05, 3.63) is 71.3 Å². The number of piperidine rings is 1. The predicted octanol–water partition coefficient (Wildman–Crippen LogP) is 5.99. The lowest BCUT2D eigenvalue weighted by molar-refractivity contribution is 0.0657. The maximum absolute atomic E-state index is 13.6. The molecule has 0 unspecified atom stereocenters. The second kappa shape index (κ2) is 12.8. The summed E-state index contributed by atoms with van der Waals surface area (Å²) >= 11 is 0. The van der Waals surface area contributed by atoms with Gasteiger partial charge in [0, 0.05) is 77.8 Å². The van der Waals surface area contributed by atoms with Crippen molar-refractivity contribution < 1.29 is 23.6 Å². The Hall–Kier alpha value is -4.65. The summed E-state index contributed by atoms with van der Waals surface area (Å²) in [5.74, 6) is 1.08. The van der Waals surface area contributed by atoms with Crippen LogP contribution in [-0.2, 0) is 12.0 Å². The fourth-order valence-corrected chi connectivity index (χ4v) is 6.73. The lowest BCUT2D eigenvalue weighted by Gasteiger charge is -2.42. The number of ketones is 1. The van der Waals surface area contributed by atoms with E-state index in [4.69, 9.17) is 8.94 Å². The van der Waals surface area contributed by atoms with Crippen LogP contribution in [0.1, 0.15) is 61.2 Å². The van der Waals surface area contributed by atoms with Crippen LogP contribution in [0.15, 0.2) is 57.5 Å². The number of likely N-dealkylation sites (tertiary alicyclic amines) is 1. The first kappa shape index (κ1) is 31.9. The molecule has 2 aliphatic rings. The lowest BCUT2D eigenvalue weighted by atomic mass is 9.93. The van der Waals surface area contributed by atoms with Gasteiger partial charge < -0.3 is 29.2 Å². The number of likely N-dealkylation sites (N-methyl/N-ethyl adjacent to an activating group) is 1. The molecule has 0 radical (unpaired) electrons. The van der Waals surface area contributed by atoms with E-state index in [1.807, 2.05) is 26.8 Å². The quantitative estimate of drug-likeness (QED) is 0.156. The number of nitrogens with one attached hydrogen (secondary N) is 3. The van der Waals surface area contributed by atoms with E-state index < -0.39 is 6.03 Å². The molecule has 3 aromatic heterocycles. The van der Waals surface area contributed by atoms with Gasteiger partial charge in [-0.05, 0) is 75.4 Å². The Labute approximate surface area is 279 Å². The summed E-state index contributed by atoms with van der Waals surface area (Å²) < 4.78 is 11.3. The number of phenols is 1. The Balaban J connectivity index is 1.02. The molecule has 0 saturated carbocycles. The zero-order valence-electron chi connectivity index (χ0n) is 27.9. The molecule has 12 heteroatoms. The molecule has 4 N–H and O–H groups in total. The molecule has 7 rings (SSSR count). The number of aromatic hydroxyl groups is 1.